The molecule has 0 saturated heterocycles. The molecule has 1 fully saturated rings. The number of carbonyl (C=O) groups excluding carboxylic acids is 1. The van der Waals surface area contributed by atoms with Gasteiger partial charge in [-0.2, -0.15) is 0 Å². The van der Waals surface area contributed by atoms with Gasteiger partial charge in [0.15, 0.2) is 0 Å². The first-order valence-corrected chi connectivity index (χ1v) is 12.5. The summed E-state index contributed by atoms with van der Waals surface area (Å²) in [6.45, 7) is 0.452. The number of sulfonamides is 1. The maximum atomic E-state index is 12.2. The molecule has 0 bridgehead atoms. The van der Waals surface area contributed by atoms with Crippen molar-refractivity contribution in [2.45, 2.75) is 35.2 Å². The molecule has 1 heterocycles. The van der Waals surface area contributed by atoms with Gasteiger partial charge in [0.2, 0.25) is 21.1 Å². The Morgan fingerprint density at radius 2 is 1.84 bits per heavy atom. The molecule has 0 unspecified atom stereocenters. The van der Waals surface area contributed by atoms with Gasteiger partial charge in [-0.25, -0.2) is 23.2 Å². The number of thioether (sulfide) groups is 1. The molecule has 31 heavy (non-hydrogen) atoms. The molecule has 1 aromatic heterocycles. The second-order valence-corrected chi connectivity index (χ2v) is 9.86. The summed E-state index contributed by atoms with van der Waals surface area (Å²) in [5.41, 5.74) is 1.89. The number of rotatable bonds is 9. The fourth-order valence-corrected chi connectivity index (χ4v) is 4.28. The molecule has 0 radical (unpaired) electrons. The molecule has 1 aliphatic carbocycles. The van der Waals surface area contributed by atoms with E-state index in [0.717, 1.165) is 29.9 Å². The number of nitrogens with one attached hydrogen (secondary N) is 1. The number of benzene rings is 2. The van der Waals surface area contributed by atoms with Gasteiger partial charge in [0.05, 0.1) is 16.3 Å². The number of nitrogens with two attached hydrogens (primary N) is 1. The fraction of sp³-hybridized carbons (Fsp3) is 0.286. The standard InChI is InChI=1S/C21H23N5O3S2/c22-31(28,29)18-10-6-15(7-11-18)12-13-23-19(27)14-30-21-24-20(16-8-9-16)26(25-21)17-4-2-1-3-5-17/h1-7,10-11,16H,8-9,12-14H2,(H,23,27)(H2,22,28,29). The molecule has 162 valence electrons. The van der Waals surface area contributed by atoms with Gasteiger partial charge in [-0.1, -0.05) is 42.1 Å². The number of hydrogen-bond donors (Lipinski definition) is 2. The highest BCUT2D eigenvalue weighted by molar-refractivity contribution is 7.99. The summed E-state index contributed by atoms with van der Waals surface area (Å²) in [6.07, 6.45) is 2.83. The Morgan fingerprint density at radius 3 is 2.48 bits per heavy atom. The summed E-state index contributed by atoms with van der Waals surface area (Å²) in [5.74, 6) is 1.52. The van der Waals surface area contributed by atoms with Crippen molar-refractivity contribution in [3.8, 4) is 5.69 Å². The van der Waals surface area contributed by atoms with E-state index in [1.807, 2.05) is 35.0 Å². The van der Waals surface area contributed by atoms with Gasteiger partial charge < -0.3 is 5.32 Å². The number of hydrogen-bond acceptors (Lipinski definition) is 6. The Hall–Kier alpha value is -2.69. The van der Waals surface area contributed by atoms with Crippen LogP contribution in [0.25, 0.3) is 5.69 Å². The highest BCUT2D eigenvalue weighted by Gasteiger charge is 2.30. The Kier molecular flexibility index (Phi) is 6.40. The molecular formula is C21H23N5O3S2. The SMILES string of the molecule is NS(=O)(=O)c1ccc(CCNC(=O)CSc2nc(C3CC3)n(-c3ccccc3)n2)cc1. The number of carbonyl (C=O) groups is 1. The molecule has 1 aliphatic rings. The van der Waals surface area contributed by atoms with Crippen LogP contribution in [-0.4, -0.2) is 41.4 Å². The van der Waals surface area contributed by atoms with E-state index < -0.39 is 10.0 Å². The van der Waals surface area contributed by atoms with E-state index in [1.54, 1.807) is 12.1 Å². The first-order valence-electron chi connectivity index (χ1n) is 9.94. The number of para-hydroxylation sites is 1. The molecule has 0 atom stereocenters. The van der Waals surface area contributed by atoms with Gasteiger partial charge >= 0.3 is 0 Å². The van der Waals surface area contributed by atoms with Crippen LogP contribution in [0.5, 0.6) is 0 Å². The third kappa shape index (κ3) is 5.72. The zero-order chi connectivity index (χ0) is 21.8. The lowest BCUT2D eigenvalue weighted by atomic mass is 10.1. The number of nitrogens with zero attached hydrogens (tertiary/aromatic N) is 3. The molecule has 4 rings (SSSR count). The van der Waals surface area contributed by atoms with E-state index in [-0.39, 0.29) is 16.6 Å². The van der Waals surface area contributed by atoms with Crippen molar-refractivity contribution in [3.63, 3.8) is 0 Å². The zero-order valence-corrected chi connectivity index (χ0v) is 18.4. The molecule has 0 aliphatic heterocycles. The van der Waals surface area contributed by atoms with Crippen LogP contribution in [0.1, 0.15) is 30.1 Å². The maximum absolute atomic E-state index is 12.2. The van der Waals surface area contributed by atoms with Crippen molar-refractivity contribution in [2.75, 3.05) is 12.3 Å². The summed E-state index contributed by atoms with van der Waals surface area (Å²) in [4.78, 5) is 16.9. The Bertz CT molecular complexity index is 1160. The van der Waals surface area contributed by atoms with Crippen LogP contribution in [0.2, 0.25) is 0 Å². The number of primary sulfonamides is 1. The van der Waals surface area contributed by atoms with E-state index in [1.165, 1.54) is 23.9 Å². The Balaban J connectivity index is 1.28. The van der Waals surface area contributed by atoms with Crippen molar-refractivity contribution >= 4 is 27.7 Å². The molecule has 3 N–H and O–H groups in total. The average Bonchev–Trinajstić information content (AvgIpc) is 3.52. The normalized spacial score (nSPS) is 13.8. The minimum absolute atomic E-state index is 0.0738. The topological polar surface area (TPSA) is 120 Å². The van der Waals surface area contributed by atoms with Crippen LogP contribution < -0.4 is 10.5 Å². The quantitative estimate of drug-likeness (QED) is 0.476. The largest absolute Gasteiger partial charge is 0.355 e. The van der Waals surface area contributed by atoms with Gasteiger partial charge in [0.25, 0.3) is 0 Å². The van der Waals surface area contributed by atoms with Crippen molar-refractivity contribution in [3.05, 3.63) is 66.0 Å². The van der Waals surface area contributed by atoms with Crippen molar-refractivity contribution in [1.29, 1.82) is 0 Å². The van der Waals surface area contributed by atoms with Crippen LogP contribution >= 0.6 is 11.8 Å². The van der Waals surface area contributed by atoms with E-state index in [2.05, 4.69) is 15.4 Å². The molecule has 3 aromatic rings. The molecular weight excluding hydrogens is 434 g/mol. The van der Waals surface area contributed by atoms with Gasteiger partial charge in [-0.05, 0) is 49.1 Å². The monoisotopic (exact) mass is 457 g/mol. The fourth-order valence-electron chi connectivity index (χ4n) is 3.10. The van der Waals surface area contributed by atoms with Crippen LogP contribution in [0.3, 0.4) is 0 Å². The third-order valence-electron chi connectivity index (χ3n) is 4.88. The molecule has 1 amide bonds. The Morgan fingerprint density at radius 1 is 1.13 bits per heavy atom. The van der Waals surface area contributed by atoms with E-state index in [4.69, 9.17) is 5.14 Å². The molecule has 0 spiro atoms. The third-order valence-corrected chi connectivity index (χ3v) is 6.64. The van der Waals surface area contributed by atoms with Crippen molar-refractivity contribution in [2.24, 2.45) is 5.14 Å². The van der Waals surface area contributed by atoms with Crippen LogP contribution in [-0.2, 0) is 21.2 Å². The predicted octanol–water partition coefficient (Wildman–Crippen LogP) is 2.24. The first-order chi connectivity index (χ1) is 14.9. The van der Waals surface area contributed by atoms with Crippen molar-refractivity contribution in [1.82, 2.24) is 20.1 Å². The van der Waals surface area contributed by atoms with E-state index in [0.29, 0.717) is 24.0 Å². The van der Waals surface area contributed by atoms with E-state index >= 15 is 0 Å². The zero-order valence-electron chi connectivity index (χ0n) is 16.8. The highest BCUT2D eigenvalue weighted by Crippen LogP contribution is 2.40. The van der Waals surface area contributed by atoms with E-state index in [9.17, 15) is 13.2 Å². The maximum Gasteiger partial charge on any atom is 0.238 e. The van der Waals surface area contributed by atoms with Gasteiger partial charge in [-0.15, -0.1) is 5.10 Å². The first kappa shape index (κ1) is 21.5. The van der Waals surface area contributed by atoms with Crippen LogP contribution in [0.4, 0.5) is 0 Å². The predicted molar refractivity (Wildman–Crippen MR) is 119 cm³/mol. The molecule has 1 saturated carbocycles. The van der Waals surface area contributed by atoms with Crippen molar-refractivity contribution < 1.29 is 13.2 Å². The molecule has 10 heteroatoms. The number of amides is 1. The van der Waals surface area contributed by atoms with Crippen LogP contribution in [0, 0.1) is 0 Å². The summed E-state index contributed by atoms with van der Waals surface area (Å²) in [7, 11) is -3.69. The minimum atomic E-state index is -3.69. The minimum Gasteiger partial charge on any atom is -0.355 e. The summed E-state index contributed by atoms with van der Waals surface area (Å²) in [5, 5.41) is 13.2. The molecule has 2 aromatic carbocycles. The lowest BCUT2D eigenvalue weighted by Crippen LogP contribution is -2.27. The molecule has 8 nitrogen and oxygen atoms in total. The van der Waals surface area contributed by atoms with Gasteiger partial charge in [0, 0.05) is 12.5 Å². The second kappa shape index (κ2) is 9.21. The Labute approximate surface area is 185 Å². The summed E-state index contributed by atoms with van der Waals surface area (Å²) in [6, 6.07) is 16.2. The number of aromatic nitrogens is 3. The average molecular weight is 458 g/mol. The van der Waals surface area contributed by atoms with Gasteiger partial charge in [-0.3, -0.25) is 4.79 Å². The van der Waals surface area contributed by atoms with Gasteiger partial charge in [0.1, 0.15) is 5.82 Å². The smallest absolute Gasteiger partial charge is 0.238 e. The lowest BCUT2D eigenvalue weighted by molar-refractivity contribution is -0.118. The summed E-state index contributed by atoms with van der Waals surface area (Å²) < 4.78 is 24.5. The second-order valence-electron chi connectivity index (χ2n) is 7.35. The highest BCUT2D eigenvalue weighted by atomic mass is 32.2. The summed E-state index contributed by atoms with van der Waals surface area (Å²) >= 11 is 1.32. The van der Waals surface area contributed by atoms with Crippen LogP contribution in [0.15, 0.2) is 64.6 Å². The lowest BCUT2D eigenvalue weighted by Gasteiger charge is -2.05.